The van der Waals surface area contributed by atoms with Gasteiger partial charge in [-0.3, -0.25) is 9.59 Å². The summed E-state index contributed by atoms with van der Waals surface area (Å²) in [6.07, 6.45) is 2.27. The molecule has 1 atom stereocenters. The Kier molecular flexibility index (Phi) is 5.86. The molecular formula is C28H27N7O3. The molecule has 1 unspecified atom stereocenters. The maximum absolute atomic E-state index is 12.9. The number of aliphatic hydroxyl groups excluding tert-OH is 1. The van der Waals surface area contributed by atoms with Crippen molar-refractivity contribution in [1.82, 2.24) is 35.1 Å². The molecule has 10 nitrogen and oxygen atoms in total. The predicted molar refractivity (Wildman–Crippen MR) is 139 cm³/mol. The van der Waals surface area contributed by atoms with E-state index in [4.69, 9.17) is 4.98 Å². The van der Waals surface area contributed by atoms with Crippen molar-refractivity contribution in [2.24, 2.45) is 0 Å². The SMILES string of the molecule is CCCc1nc2c(n1Cc1ccc(-c3ccccc3-c3nn[nH]n3)cc1)C1C(O)=C(C(C)=O)C(=O)N1CC2. The fourth-order valence-corrected chi connectivity index (χ4v) is 5.55. The number of carbonyl (C=O) groups excluding carboxylic acids is 2. The number of ketones is 1. The van der Waals surface area contributed by atoms with Crippen molar-refractivity contribution in [3.63, 3.8) is 0 Å². The number of benzene rings is 2. The Morgan fingerprint density at radius 3 is 2.58 bits per heavy atom. The smallest absolute Gasteiger partial charge is 0.261 e. The number of aromatic nitrogens is 6. The third-order valence-electron chi connectivity index (χ3n) is 7.26. The van der Waals surface area contributed by atoms with Crippen molar-refractivity contribution >= 4 is 11.7 Å². The Hall–Kier alpha value is -4.60. The van der Waals surface area contributed by atoms with Gasteiger partial charge in [0, 0.05) is 31.5 Å². The van der Waals surface area contributed by atoms with Gasteiger partial charge in [-0.1, -0.05) is 55.5 Å². The van der Waals surface area contributed by atoms with E-state index >= 15 is 0 Å². The van der Waals surface area contributed by atoms with E-state index in [0.29, 0.717) is 25.3 Å². The van der Waals surface area contributed by atoms with Crippen LogP contribution in [0, 0.1) is 0 Å². The first-order valence-electron chi connectivity index (χ1n) is 12.7. The Morgan fingerprint density at radius 2 is 1.89 bits per heavy atom. The van der Waals surface area contributed by atoms with Gasteiger partial charge in [-0.15, -0.1) is 10.2 Å². The van der Waals surface area contributed by atoms with Crippen LogP contribution < -0.4 is 0 Å². The number of carbonyl (C=O) groups is 2. The molecule has 2 aliphatic heterocycles. The van der Waals surface area contributed by atoms with Crippen LogP contribution in [-0.4, -0.2) is 58.4 Å². The monoisotopic (exact) mass is 509 g/mol. The number of hydrogen-bond acceptors (Lipinski definition) is 7. The number of fused-ring (bicyclic) bond motifs is 3. The topological polar surface area (TPSA) is 130 Å². The molecule has 0 aliphatic carbocycles. The second kappa shape index (κ2) is 9.37. The number of Topliss-reactive ketones (excluding diaryl/α,β-unsaturated/α-hetero) is 1. The van der Waals surface area contributed by atoms with Crippen LogP contribution >= 0.6 is 0 Å². The van der Waals surface area contributed by atoms with Crippen LogP contribution in [-0.2, 0) is 29.0 Å². The molecule has 0 fully saturated rings. The molecule has 0 bridgehead atoms. The molecule has 1 amide bonds. The van der Waals surface area contributed by atoms with Gasteiger partial charge < -0.3 is 14.6 Å². The van der Waals surface area contributed by atoms with Crippen molar-refractivity contribution in [2.45, 2.75) is 45.7 Å². The molecule has 4 heterocycles. The molecule has 38 heavy (non-hydrogen) atoms. The van der Waals surface area contributed by atoms with Crippen molar-refractivity contribution < 1.29 is 14.7 Å². The van der Waals surface area contributed by atoms with E-state index in [-0.39, 0.29) is 11.3 Å². The number of aryl methyl sites for hydroxylation is 1. The number of imidazole rings is 1. The number of nitrogens with one attached hydrogen (secondary N) is 1. The summed E-state index contributed by atoms with van der Waals surface area (Å²) in [7, 11) is 0. The van der Waals surface area contributed by atoms with Gasteiger partial charge in [0.15, 0.2) is 5.78 Å². The second-order valence-corrected chi connectivity index (χ2v) is 9.64. The first-order valence-corrected chi connectivity index (χ1v) is 12.7. The number of amides is 1. The van der Waals surface area contributed by atoms with Gasteiger partial charge in [0.1, 0.15) is 23.2 Å². The lowest BCUT2D eigenvalue weighted by atomic mass is 9.98. The molecule has 10 heteroatoms. The number of hydrogen-bond donors (Lipinski definition) is 2. The minimum absolute atomic E-state index is 0.114. The van der Waals surface area contributed by atoms with Crippen LogP contribution in [0.25, 0.3) is 22.5 Å². The molecule has 2 aromatic heterocycles. The first-order chi connectivity index (χ1) is 18.5. The highest BCUT2D eigenvalue weighted by Crippen LogP contribution is 2.42. The average Bonchev–Trinajstić information content (AvgIpc) is 3.63. The summed E-state index contributed by atoms with van der Waals surface area (Å²) in [5, 5.41) is 25.5. The summed E-state index contributed by atoms with van der Waals surface area (Å²) in [4.78, 5) is 31.6. The van der Waals surface area contributed by atoms with Gasteiger partial charge in [0.05, 0.1) is 11.4 Å². The van der Waals surface area contributed by atoms with Gasteiger partial charge in [-0.25, -0.2) is 4.98 Å². The Bertz CT molecular complexity index is 1570. The fraction of sp³-hybridized carbons (Fsp3) is 0.286. The number of nitrogens with zero attached hydrogens (tertiary/aromatic N) is 6. The van der Waals surface area contributed by atoms with E-state index < -0.39 is 17.7 Å². The van der Waals surface area contributed by atoms with Crippen molar-refractivity contribution in [3.8, 4) is 22.5 Å². The lowest BCUT2D eigenvalue weighted by Gasteiger charge is -2.31. The molecule has 4 aromatic rings. The summed E-state index contributed by atoms with van der Waals surface area (Å²) in [5.74, 6) is 0.468. The normalized spacial score (nSPS) is 16.6. The zero-order chi connectivity index (χ0) is 26.4. The Balaban J connectivity index is 1.37. The van der Waals surface area contributed by atoms with Gasteiger partial charge in [-0.05, 0) is 35.2 Å². The summed E-state index contributed by atoms with van der Waals surface area (Å²) >= 11 is 0. The number of tetrazole rings is 1. The maximum atomic E-state index is 12.9. The first kappa shape index (κ1) is 23.8. The van der Waals surface area contributed by atoms with Crippen molar-refractivity contribution in [3.05, 3.63) is 82.6 Å². The second-order valence-electron chi connectivity index (χ2n) is 9.64. The minimum Gasteiger partial charge on any atom is -0.509 e. The average molecular weight is 510 g/mol. The zero-order valence-electron chi connectivity index (χ0n) is 21.2. The van der Waals surface area contributed by atoms with Crippen molar-refractivity contribution in [2.75, 3.05) is 6.54 Å². The maximum Gasteiger partial charge on any atom is 0.261 e. The standard InChI is InChI=1S/C28H27N7O3/c1-3-6-22-29-21-13-14-34-25(26(37)23(16(2)36)28(34)38)24(21)35(22)15-17-9-11-18(12-10-17)19-7-4-5-8-20(19)27-30-32-33-31-27/h4-5,7-12,25,37H,3,6,13-15H2,1-2H3,(H,30,31,32,33). The van der Waals surface area contributed by atoms with Gasteiger partial charge in [-0.2, -0.15) is 5.21 Å². The number of aliphatic hydroxyl groups is 1. The van der Waals surface area contributed by atoms with E-state index in [1.54, 1.807) is 4.90 Å². The third-order valence-corrected chi connectivity index (χ3v) is 7.26. The van der Waals surface area contributed by atoms with Crippen LogP contribution in [0.1, 0.15) is 49.1 Å². The molecule has 0 spiro atoms. The third kappa shape index (κ3) is 3.80. The molecule has 2 N–H and O–H groups in total. The Labute approximate surface area is 219 Å². The highest BCUT2D eigenvalue weighted by molar-refractivity contribution is 6.20. The van der Waals surface area contributed by atoms with Crippen LogP contribution in [0.5, 0.6) is 0 Å². The number of rotatable bonds is 7. The quantitative estimate of drug-likeness (QED) is 0.364. The summed E-state index contributed by atoms with van der Waals surface area (Å²) in [6.45, 7) is 4.38. The Morgan fingerprint density at radius 1 is 1.13 bits per heavy atom. The summed E-state index contributed by atoms with van der Waals surface area (Å²) in [5.41, 5.74) is 5.53. The molecule has 0 saturated heterocycles. The van der Waals surface area contributed by atoms with Crippen LogP contribution in [0.4, 0.5) is 0 Å². The van der Waals surface area contributed by atoms with E-state index in [2.05, 4.69) is 56.4 Å². The van der Waals surface area contributed by atoms with E-state index in [1.807, 2.05) is 24.3 Å². The molecule has 0 radical (unpaired) electrons. The molecule has 6 rings (SSSR count). The number of aromatic amines is 1. The molecule has 192 valence electrons. The summed E-state index contributed by atoms with van der Waals surface area (Å²) < 4.78 is 2.12. The predicted octanol–water partition coefficient (Wildman–Crippen LogP) is 3.57. The number of H-pyrrole nitrogens is 1. The highest BCUT2D eigenvalue weighted by atomic mass is 16.3. The van der Waals surface area contributed by atoms with Gasteiger partial charge in [0.2, 0.25) is 5.82 Å². The molecule has 2 aromatic carbocycles. The highest BCUT2D eigenvalue weighted by Gasteiger charge is 2.47. The van der Waals surface area contributed by atoms with Crippen LogP contribution in [0.2, 0.25) is 0 Å². The lowest BCUT2D eigenvalue weighted by molar-refractivity contribution is -0.129. The molecule has 2 aliphatic rings. The van der Waals surface area contributed by atoms with Crippen LogP contribution in [0.15, 0.2) is 59.9 Å². The zero-order valence-corrected chi connectivity index (χ0v) is 21.2. The lowest BCUT2D eigenvalue weighted by Crippen LogP contribution is -2.37. The van der Waals surface area contributed by atoms with E-state index in [0.717, 1.165) is 52.3 Å². The largest absolute Gasteiger partial charge is 0.509 e. The van der Waals surface area contributed by atoms with Gasteiger partial charge >= 0.3 is 0 Å². The van der Waals surface area contributed by atoms with Crippen LogP contribution in [0.3, 0.4) is 0 Å². The van der Waals surface area contributed by atoms with E-state index in [1.165, 1.54) is 6.92 Å². The molecular weight excluding hydrogens is 482 g/mol. The molecule has 0 saturated carbocycles. The van der Waals surface area contributed by atoms with E-state index in [9.17, 15) is 14.7 Å². The van der Waals surface area contributed by atoms with Gasteiger partial charge in [0.25, 0.3) is 5.91 Å². The summed E-state index contributed by atoms with van der Waals surface area (Å²) in [6, 6.07) is 15.5. The fourth-order valence-electron chi connectivity index (χ4n) is 5.55. The van der Waals surface area contributed by atoms with Crippen molar-refractivity contribution in [1.29, 1.82) is 0 Å². The minimum atomic E-state index is -0.677.